The highest BCUT2D eigenvalue weighted by Gasteiger charge is 2.29. The summed E-state index contributed by atoms with van der Waals surface area (Å²) in [4.78, 5) is 30.8. The molecule has 0 saturated heterocycles. The van der Waals surface area contributed by atoms with Gasteiger partial charge in [-0.05, 0) is 74.2 Å². The molecule has 2 aromatic carbocycles. The van der Waals surface area contributed by atoms with E-state index in [1.165, 1.54) is 35.2 Å². The summed E-state index contributed by atoms with van der Waals surface area (Å²) in [6.45, 7) is 4.19. The predicted octanol–water partition coefficient (Wildman–Crippen LogP) is 6.04. The lowest BCUT2D eigenvalue weighted by Crippen LogP contribution is -2.48. The maximum Gasteiger partial charge on any atom is 0.254 e. The van der Waals surface area contributed by atoms with Gasteiger partial charge in [-0.2, -0.15) is 0 Å². The van der Waals surface area contributed by atoms with Crippen LogP contribution in [0.15, 0.2) is 66.9 Å². The Kier molecular flexibility index (Phi) is 10.9. The van der Waals surface area contributed by atoms with Crippen LogP contribution in [0.4, 0.5) is 8.78 Å². The topological polar surface area (TPSA) is 54.8 Å². The number of rotatable bonds is 13. The number of amides is 2. The number of ether oxygens (including phenoxy) is 1. The molecule has 0 bridgehead atoms. The molecule has 1 aliphatic rings. The van der Waals surface area contributed by atoms with Crippen LogP contribution in [-0.4, -0.2) is 58.5 Å². The highest BCUT2D eigenvalue weighted by Crippen LogP contribution is 2.25. The molecule has 0 spiro atoms. The minimum absolute atomic E-state index is 0.0867. The molecular weight excluding hydrogens is 512 g/mol. The standard InChI is InChI=1S/C32H39F2N3O3/c1-2-40-20-8-19-36(32(39)26-9-6-10-28(34)21-26)24-31(38)37(29-11-4-3-5-12-29)23-30-13-7-18-35(30)22-25-14-16-27(33)17-15-25/h6-7,9-10,13-18,21,29H,2-5,8,11-12,19-20,22-24H2,1H3. The van der Waals surface area contributed by atoms with Gasteiger partial charge in [-0.1, -0.05) is 37.5 Å². The van der Waals surface area contributed by atoms with Gasteiger partial charge in [0.05, 0.1) is 6.54 Å². The maximum atomic E-state index is 14.0. The predicted molar refractivity (Wildman–Crippen MR) is 151 cm³/mol. The molecule has 6 nitrogen and oxygen atoms in total. The second kappa shape index (κ2) is 14.7. The van der Waals surface area contributed by atoms with Gasteiger partial charge in [0.25, 0.3) is 5.91 Å². The maximum absolute atomic E-state index is 14.0. The first kappa shape index (κ1) is 29.5. The second-order valence-electron chi connectivity index (χ2n) is 10.4. The number of nitrogens with zero attached hydrogens (tertiary/aromatic N) is 3. The van der Waals surface area contributed by atoms with Gasteiger partial charge in [0.2, 0.25) is 5.91 Å². The van der Waals surface area contributed by atoms with Crippen LogP contribution in [-0.2, 0) is 22.6 Å². The summed E-state index contributed by atoms with van der Waals surface area (Å²) >= 11 is 0. The Bertz CT molecular complexity index is 1240. The van der Waals surface area contributed by atoms with E-state index in [4.69, 9.17) is 4.74 Å². The quantitative estimate of drug-likeness (QED) is 0.243. The largest absolute Gasteiger partial charge is 0.382 e. The van der Waals surface area contributed by atoms with Crippen molar-refractivity contribution in [2.75, 3.05) is 26.3 Å². The van der Waals surface area contributed by atoms with Crippen LogP contribution in [0.2, 0.25) is 0 Å². The zero-order valence-electron chi connectivity index (χ0n) is 23.2. The minimum Gasteiger partial charge on any atom is -0.382 e. The van der Waals surface area contributed by atoms with Gasteiger partial charge in [-0.25, -0.2) is 8.78 Å². The summed E-state index contributed by atoms with van der Waals surface area (Å²) in [5.74, 6) is -1.25. The third-order valence-electron chi connectivity index (χ3n) is 7.46. The third kappa shape index (κ3) is 8.24. The van der Waals surface area contributed by atoms with Crippen molar-refractivity contribution in [3.8, 4) is 0 Å². The van der Waals surface area contributed by atoms with Crippen molar-refractivity contribution in [2.45, 2.75) is 64.6 Å². The lowest BCUT2D eigenvalue weighted by atomic mass is 9.94. The Labute approximate surface area is 235 Å². The van der Waals surface area contributed by atoms with Gasteiger partial charge in [0, 0.05) is 49.8 Å². The molecule has 40 heavy (non-hydrogen) atoms. The van der Waals surface area contributed by atoms with Gasteiger partial charge < -0.3 is 19.1 Å². The molecule has 1 aromatic heterocycles. The van der Waals surface area contributed by atoms with Crippen LogP contribution >= 0.6 is 0 Å². The Morgan fingerprint density at radius 3 is 2.48 bits per heavy atom. The molecule has 0 aliphatic heterocycles. The Balaban J connectivity index is 1.54. The molecule has 214 valence electrons. The van der Waals surface area contributed by atoms with Crippen molar-refractivity contribution in [2.24, 2.45) is 0 Å². The zero-order chi connectivity index (χ0) is 28.3. The van der Waals surface area contributed by atoms with Crippen LogP contribution in [0, 0.1) is 11.6 Å². The smallest absolute Gasteiger partial charge is 0.254 e. The molecule has 0 atom stereocenters. The minimum atomic E-state index is -0.489. The first-order valence-electron chi connectivity index (χ1n) is 14.2. The van der Waals surface area contributed by atoms with Crippen molar-refractivity contribution in [1.29, 1.82) is 0 Å². The van der Waals surface area contributed by atoms with E-state index in [-0.39, 0.29) is 35.8 Å². The fourth-order valence-corrected chi connectivity index (χ4v) is 5.33. The average Bonchev–Trinajstić information content (AvgIpc) is 3.41. The number of halogens is 2. The lowest BCUT2D eigenvalue weighted by Gasteiger charge is -2.36. The van der Waals surface area contributed by atoms with Crippen molar-refractivity contribution in [3.63, 3.8) is 0 Å². The molecule has 3 aromatic rings. The summed E-state index contributed by atoms with van der Waals surface area (Å²) in [5, 5.41) is 0. The number of benzene rings is 2. The number of hydrogen-bond acceptors (Lipinski definition) is 3. The zero-order valence-corrected chi connectivity index (χ0v) is 23.2. The first-order chi connectivity index (χ1) is 19.4. The van der Waals surface area contributed by atoms with Crippen LogP contribution in [0.1, 0.15) is 67.1 Å². The number of aromatic nitrogens is 1. The molecule has 1 saturated carbocycles. The first-order valence-corrected chi connectivity index (χ1v) is 14.2. The summed E-state index contributed by atoms with van der Waals surface area (Å²) in [5.41, 5.74) is 2.17. The van der Waals surface area contributed by atoms with Crippen LogP contribution in [0.3, 0.4) is 0 Å². The average molecular weight is 552 g/mol. The molecule has 1 aliphatic carbocycles. The van der Waals surface area contributed by atoms with Gasteiger partial charge in [0.1, 0.15) is 18.2 Å². The van der Waals surface area contributed by atoms with Gasteiger partial charge in [-0.15, -0.1) is 0 Å². The number of carbonyl (C=O) groups is 2. The van der Waals surface area contributed by atoms with Crippen molar-refractivity contribution >= 4 is 11.8 Å². The van der Waals surface area contributed by atoms with Gasteiger partial charge >= 0.3 is 0 Å². The van der Waals surface area contributed by atoms with Crippen molar-refractivity contribution in [1.82, 2.24) is 14.4 Å². The molecule has 2 amide bonds. The van der Waals surface area contributed by atoms with Gasteiger partial charge in [0.15, 0.2) is 0 Å². The van der Waals surface area contributed by atoms with Crippen LogP contribution in [0.5, 0.6) is 0 Å². The fraction of sp³-hybridized carbons (Fsp3) is 0.438. The second-order valence-corrected chi connectivity index (χ2v) is 10.4. The van der Waals surface area contributed by atoms with E-state index in [0.29, 0.717) is 39.3 Å². The molecule has 1 heterocycles. The molecule has 0 unspecified atom stereocenters. The molecule has 0 radical (unpaired) electrons. The van der Waals surface area contributed by atoms with Crippen LogP contribution < -0.4 is 0 Å². The highest BCUT2D eigenvalue weighted by molar-refractivity contribution is 5.96. The van der Waals surface area contributed by atoms with E-state index < -0.39 is 5.82 Å². The summed E-state index contributed by atoms with van der Waals surface area (Å²) < 4.78 is 34.9. The molecule has 8 heteroatoms. The highest BCUT2D eigenvalue weighted by atomic mass is 19.1. The van der Waals surface area contributed by atoms with E-state index in [9.17, 15) is 18.4 Å². The van der Waals surface area contributed by atoms with E-state index >= 15 is 0 Å². The van der Waals surface area contributed by atoms with Gasteiger partial charge in [-0.3, -0.25) is 9.59 Å². The molecule has 0 N–H and O–H groups in total. The SMILES string of the molecule is CCOCCCN(CC(=O)N(Cc1cccn1Cc1ccc(F)cc1)C1CCCCC1)C(=O)c1cccc(F)c1. The van der Waals surface area contributed by atoms with Crippen LogP contribution in [0.25, 0.3) is 0 Å². The Morgan fingerprint density at radius 1 is 0.975 bits per heavy atom. The van der Waals surface area contributed by atoms with Crippen molar-refractivity contribution in [3.05, 3.63) is 95.3 Å². The van der Waals surface area contributed by atoms with E-state index in [2.05, 4.69) is 4.57 Å². The summed E-state index contributed by atoms with van der Waals surface area (Å²) in [7, 11) is 0. The Hall–Kier alpha value is -3.52. The molecular formula is C32H39F2N3O3. The Morgan fingerprint density at radius 2 is 1.75 bits per heavy atom. The fourth-order valence-electron chi connectivity index (χ4n) is 5.33. The molecule has 1 fully saturated rings. The number of hydrogen-bond donors (Lipinski definition) is 0. The number of carbonyl (C=O) groups excluding carboxylic acids is 2. The normalized spacial score (nSPS) is 13.8. The lowest BCUT2D eigenvalue weighted by molar-refractivity contribution is -0.135. The summed E-state index contributed by atoms with van der Waals surface area (Å²) in [6.07, 6.45) is 7.67. The summed E-state index contributed by atoms with van der Waals surface area (Å²) in [6, 6.07) is 16.1. The van der Waals surface area contributed by atoms with E-state index in [1.54, 1.807) is 18.2 Å². The third-order valence-corrected chi connectivity index (χ3v) is 7.46. The molecule has 4 rings (SSSR count). The monoisotopic (exact) mass is 551 g/mol. The van der Waals surface area contributed by atoms with E-state index in [0.717, 1.165) is 43.4 Å². The van der Waals surface area contributed by atoms with E-state index in [1.807, 2.05) is 30.2 Å². The van der Waals surface area contributed by atoms with Crippen molar-refractivity contribution < 1.29 is 23.1 Å².